The molecule has 0 amide bonds. The van der Waals surface area contributed by atoms with Crippen molar-refractivity contribution in [2.24, 2.45) is 0 Å². The van der Waals surface area contributed by atoms with Gasteiger partial charge in [0.05, 0.1) is 21.1 Å². The first-order valence-corrected chi connectivity index (χ1v) is 8.44. The summed E-state index contributed by atoms with van der Waals surface area (Å²) in [5.41, 5.74) is 1.86. The van der Waals surface area contributed by atoms with Gasteiger partial charge in [0.2, 0.25) is 0 Å². The Bertz CT molecular complexity index is 598. The topological polar surface area (TPSA) is 27.1 Å². The van der Waals surface area contributed by atoms with Crippen LogP contribution in [0.4, 0.5) is 0 Å². The predicted molar refractivity (Wildman–Crippen MR) is 89.9 cm³/mol. The van der Waals surface area contributed by atoms with Crippen molar-refractivity contribution in [2.45, 2.75) is 32.7 Å². The highest BCUT2D eigenvalue weighted by molar-refractivity contribution is 6.42. The van der Waals surface area contributed by atoms with Gasteiger partial charge in [-0.25, -0.2) is 4.98 Å². The second kappa shape index (κ2) is 8.23. The van der Waals surface area contributed by atoms with Gasteiger partial charge < -0.3 is 9.30 Å². The maximum atomic E-state index is 6.12. The number of fused-ring (bicyclic) bond motifs is 1. The van der Waals surface area contributed by atoms with E-state index in [1.807, 2.05) is 6.07 Å². The van der Waals surface area contributed by atoms with Gasteiger partial charge in [-0.05, 0) is 25.0 Å². The molecule has 2 aromatic rings. The van der Waals surface area contributed by atoms with Crippen LogP contribution in [0.5, 0.6) is 0 Å². The van der Waals surface area contributed by atoms with E-state index in [0.717, 1.165) is 55.9 Å². The fourth-order valence-electron chi connectivity index (χ4n) is 2.27. The van der Waals surface area contributed by atoms with Gasteiger partial charge in [0, 0.05) is 32.1 Å². The van der Waals surface area contributed by atoms with E-state index in [9.17, 15) is 0 Å². The summed E-state index contributed by atoms with van der Waals surface area (Å²) >= 11 is 18.1. The van der Waals surface area contributed by atoms with Crippen LogP contribution in [0, 0.1) is 0 Å². The number of hydrogen-bond acceptors (Lipinski definition) is 2. The summed E-state index contributed by atoms with van der Waals surface area (Å²) in [6.45, 7) is 4.49. The zero-order chi connectivity index (χ0) is 15.2. The fraction of sp³-hybridized carbons (Fsp3) is 0.533. The van der Waals surface area contributed by atoms with E-state index >= 15 is 0 Å². The number of halogens is 3. The molecule has 116 valence electrons. The lowest BCUT2D eigenvalue weighted by molar-refractivity contribution is 0.129. The highest BCUT2D eigenvalue weighted by Gasteiger charge is 2.12. The van der Waals surface area contributed by atoms with Crippen molar-refractivity contribution in [1.82, 2.24) is 9.55 Å². The molecule has 6 heteroatoms. The summed E-state index contributed by atoms with van der Waals surface area (Å²) in [6, 6.07) is 3.68. The highest BCUT2D eigenvalue weighted by atomic mass is 35.5. The third-order valence-electron chi connectivity index (χ3n) is 3.21. The Labute approximate surface area is 140 Å². The first-order chi connectivity index (χ1) is 10.2. The van der Waals surface area contributed by atoms with Crippen LogP contribution in [0.1, 0.15) is 25.6 Å². The Kier molecular flexibility index (Phi) is 6.62. The van der Waals surface area contributed by atoms with E-state index in [2.05, 4.69) is 16.5 Å². The smallest absolute Gasteiger partial charge is 0.111 e. The molecule has 0 unspecified atom stereocenters. The largest absolute Gasteiger partial charge is 0.381 e. The summed E-state index contributed by atoms with van der Waals surface area (Å²) in [5.74, 6) is 1.51. The molecule has 0 aliphatic carbocycles. The zero-order valence-corrected chi connectivity index (χ0v) is 14.3. The molecule has 0 radical (unpaired) electrons. The van der Waals surface area contributed by atoms with Crippen molar-refractivity contribution >= 4 is 45.8 Å². The van der Waals surface area contributed by atoms with Crippen LogP contribution in [0.15, 0.2) is 12.1 Å². The van der Waals surface area contributed by atoms with Gasteiger partial charge in [-0.1, -0.05) is 30.1 Å². The normalized spacial score (nSPS) is 11.4. The molecule has 1 heterocycles. The lowest BCUT2D eigenvalue weighted by Crippen LogP contribution is -2.07. The first-order valence-electron chi connectivity index (χ1n) is 7.15. The average molecular weight is 350 g/mol. The van der Waals surface area contributed by atoms with Crippen molar-refractivity contribution < 1.29 is 4.74 Å². The lowest BCUT2D eigenvalue weighted by atomic mass is 10.3. The van der Waals surface area contributed by atoms with E-state index in [1.165, 1.54) is 0 Å². The molecule has 0 atom stereocenters. The lowest BCUT2D eigenvalue weighted by Gasteiger charge is -2.09. The Morgan fingerprint density at radius 3 is 2.67 bits per heavy atom. The number of rotatable bonds is 8. The zero-order valence-electron chi connectivity index (χ0n) is 12.0. The highest BCUT2D eigenvalue weighted by Crippen LogP contribution is 2.28. The summed E-state index contributed by atoms with van der Waals surface area (Å²) in [7, 11) is 0. The van der Waals surface area contributed by atoms with Crippen LogP contribution < -0.4 is 0 Å². The quantitative estimate of drug-likeness (QED) is 0.498. The van der Waals surface area contributed by atoms with Crippen LogP contribution in [0.3, 0.4) is 0 Å². The SMILES string of the molecule is CCCOCCCn1c(CCCl)nc2cc(Cl)c(Cl)cc21. The van der Waals surface area contributed by atoms with Crippen molar-refractivity contribution in [1.29, 1.82) is 0 Å². The van der Waals surface area contributed by atoms with Gasteiger partial charge in [-0.15, -0.1) is 11.6 Å². The molecule has 2 rings (SSSR count). The van der Waals surface area contributed by atoms with Crippen molar-refractivity contribution in [2.75, 3.05) is 19.1 Å². The molecular formula is C15H19Cl3N2O. The molecule has 3 nitrogen and oxygen atoms in total. The molecule has 1 aromatic heterocycles. The number of alkyl halides is 1. The minimum absolute atomic E-state index is 0.525. The van der Waals surface area contributed by atoms with Gasteiger partial charge in [-0.2, -0.15) is 0 Å². The maximum absolute atomic E-state index is 6.12. The maximum Gasteiger partial charge on any atom is 0.111 e. The standard InChI is InChI=1S/C15H19Cl3N2O/c1-2-7-21-8-3-6-20-14-10-12(18)11(17)9-13(14)19-15(20)4-5-16/h9-10H,2-8H2,1H3. The van der Waals surface area contributed by atoms with E-state index in [4.69, 9.17) is 39.5 Å². The molecule has 0 N–H and O–H groups in total. The summed E-state index contributed by atoms with van der Waals surface area (Å²) in [4.78, 5) is 4.61. The first kappa shape index (κ1) is 16.9. The molecule has 0 spiro atoms. The van der Waals surface area contributed by atoms with Gasteiger partial charge in [0.1, 0.15) is 5.82 Å². The number of imidazole rings is 1. The number of aromatic nitrogens is 2. The predicted octanol–water partition coefficient (Wildman–Crippen LogP) is 4.94. The fourth-order valence-corrected chi connectivity index (χ4v) is 2.75. The molecule has 0 saturated heterocycles. The second-order valence-corrected chi connectivity index (χ2v) is 6.03. The van der Waals surface area contributed by atoms with Crippen LogP contribution in [-0.4, -0.2) is 28.6 Å². The van der Waals surface area contributed by atoms with Crippen molar-refractivity contribution in [3.05, 3.63) is 28.0 Å². The molecule has 0 bridgehead atoms. The Balaban J connectivity index is 2.21. The minimum Gasteiger partial charge on any atom is -0.381 e. The second-order valence-electron chi connectivity index (χ2n) is 4.84. The Morgan fingerprint density at radius 2 is 1.95 bits per heavy atom. The van der Waals surface area contributed by atoms with Crippen molar-refractivity contribution in [3.63, 3.8) is 0 Å². The van der Waals surface area contributed by atoms with Crippen molar-refractivity contribution in [3.8, 4) is 0 Å². The number of aryl methyl sites for hydroxylation is 2. The average Bonchev–Trinajstić information content (AvgIpc) is 2.77. The number of hydrogen-bond donors (Lipinski definition) is 0. The van der Waals surface area contributed by atoms with E-state index in [-0.39, 0.29) is 0 Å². The molecule has 0 saturated carbocycles. The molecular weight excluding hydrogens is 331 g/mol. The minimum atomic E-state index is 0.525. The Hall–Kier alpha value is -0.480. The summed E-state index contributed by atoms with van der Waals surface area (Å²) in [6.07, 6.45) is 2.70. The number of ether oxygens (including phenoxy) is 1. The van der Waals surface area contributed by atoms with Gasteiger partial charge >= 0.3 is 0 Å². The molecule has 0 fully saturated rings. The third-order valence-corrected chi connectivity index (χ3v) is 4.12. The molecule has 0 aliphatic heterocycles. The van der Waals surface area contributed by atoms with E-state index in [0.29, 0.717) is 15.9 Å². The Morgan fingerprint density at radius 1 is 1.19 bits per heavy atom. The van der Waals surface area contributed by atoms with Crippen LogP contribution in [-0.2, 0) is 17.7 Å². The molecule has 0 aliphatic rings. The summed E-state index contributed by atoms with van der Waals surface area (Å²) < 4.78 is 7.69. The van der Waals surface area contributed by atoms with E-state index in [1.54, 1.807) is 6.07 Å². The van der Waals surface area contributed by atoms with Crippen LogP contribution >= 0.6 is 34.8 Å². The van der Waals surface area contributed by atoms with Crippen LogP contribution in [0.2, 0.25) is 10.0 Å². The summed E-state index contributed by atoms with van der Waals surface area (Å²) in [5, 5.41) is 1.07. The number of nitrogens with zero attached hydrogens (tertiary/aromatic N) is 2. The van der Waals surface area contributed by atoms with Gasteiger partial charge in [0.25, 0.3) is 0 Å². The molecule has 21 heavy (non-hydrogen) atoms. The monoisotopic (exact) mass is 348 g/mol. The van der Waals surface area contributed by atoms with Gasteiger partial charge in [0.15, 0.2) is 0 Å². The number of benzene rings is 1. The van der Waals surface area contributed by atoms with Gasteiger partial charge in [-0.3, -0.25) is 0 Å². The molecule has 1 aromatic carbocycles. The van der Waals surface area contributed by atoms with Crippen LogP contribution in [0.25, 0.3) is 11.0 Å². The third kappa shape index (κ3) is 4.26. The van der Waals surface area contributed by atoms with E-state index < -0.39 is 0 Å².